The number of H-pyrrole nitrogens is 1. The number of rotatable bonds is 5. The van der Waals surface area contributed by atoms with Crippen LogP contribution in [0, 0.1) is 5.82 Å². The van der Waals surface area contributed by atoms with Gasteiger partial charge in [0, 0.05) is 24.4 Å². The predicted molar refractivity (Wildman–Crippen MR) is 82.5 cm³/mol. The molecule has 0 aliphatic carbocycles. The van der Waals surface area contributed by atoms with Gasteiger partial charge in [-0.3, -0.25) is 14.7 Å². The summed E-state index contributed by atoms with van der Waals surface area (Å²) >= 11 is 1.42. The van der Waals surface area contributed by atoms with E-state index in [4.69, 9.17) is 0 Å². The third-order valence-corrected chi connectivity index (χ3v) is 4.28. The molecule has 1 aliphatic rings. The molecule has 1 aliphatic heterocycles. The summed E-state index contributed by atoms with van der Waals surface area (Å²) in [4.78, 5) is 28.0. The quantitative estimate of drug-likeness (QED) is 0.564. The van der Waals surface area contributed by atoms with Crippen molar-refractivity contribution in [2.75, 3.05) is 17.6 Å². The number of carbonyl (C=O) groups excluding carboxylic acids is 2. The number of nitrogens with zero attached hydrogens (tertiary/aromatic N) is 2. The molecule has 120 valence electrons. The summed E-state index contributed by atoms with van der Waals surface area (Å²) in [5, 5.41) is 12.5. The van der Waals surface area contributed by atoms with Crippen LogP contribution < -0.4 is 10.6 Å². The molecule has 2 heterocycles. The van der Waals surface area contributed by atoms with Gasteiger partial charge in [-0.15, -0.1) is 0 Å². The Hall–Kier alpha value is -2.42. The fraction of sp³-hybridized carbons (Fsp3) is 0.286. The highest BCUT2D eigenvalue weighted by atomic mass is 32.2. The molecule has 2 amide bonds. The van der Waals surface area contributed by atoms with Gasteiger partial charge in [-0.1, -0.05) is 11.8 Å². The van der Waals surface area contributed by atoms with Crippen LogP contribution in [0.3, 0.4) is 0 Å². The number of nitrogens with one attached hydrogen (secondary N) is 3. The molecule has 7 nitrogen and oxygen atoms in total. The molecule has 0 unspecified atom stereocenters. The lowest BCUT2D eigenvalue weighted by molar-refractivity contribution is -0.126. The number of hydrogen-bond donors (Lipinski definition) is 3. The van der Waals surface area contributed by atoms with Crippen LogP contribution in [0.1, 0.15) is 17.9 Å². The van der Waals surface area contributed by atoms with E-state index in [1.165, 1.54) is 36.3 Å². The van der Waals surface area contributed by atoms with E-state index >= 15 is 0 Å². The van der Waals surface area contributed by atoms with Gasteiger partial charge in [-0.25, -0.2) is 9.37 Å². The first-order valence-corrected chi connectivity index (χ1v) is 7.97. The highest BCUT2D eigenvalue weighted by Gasteiger charge is 2.30. The van der Waals surface area contributed by atoms with Crippen molar-refractivity contribution in [2.24, 2.45) is 0 Å². The van der Waals surface area contributed by atoms with E-state index in [2.05, 4.69) is 25.8 Å². The number of carbonyl (C=O) groups is 2. The van der Waals surface area contributed by atoms with Crippen molar-refractivity contribution in [1.29, 1.82) is 0 Å². The molecule has 0 saturated heterocycles. The Morgan fingerprint density at radius 1 is 1.48 bits per heavy atom. The number of fused-ring (bicyclic) bond motifs is 1. The largest absolute Gasteiger partial charge is 0.355 e. The predicted octanol–water partition coefficient (Wildman–Crippen LogP) is 1.28. The van der Waals surface area contributed by atoms with Gasteiger partial charge >= 0.3 is 0 Å². The first-order chi connectivity index (χ1) is 11.1. The van der Waals surface area contributed by atoms with E-state index in [0.29, 0.717) is 28.7 Å². The van der Waals surface area contributed by atoms with E-state index in [1.807, 2.05) is 0 Å². The first kappa shape index (κ1) is 15.5. The van der Waals surface area contributed by atoms with E-state index in [0.717, 1.165) is 0 Å². The topological polar surface area (TPSA) is 99.8 Å². The summed E-state index contributed by atoms with van der Waals surface area (Å²) in [6.45, 7) is 0.410. The van der Waals surface area contributed by atoms with Gasteiger partial charge in [0.15, 0.2) is 5.16 Å². The molecule has 1 aromatic heterocycles. The third kappa shape index (κ3) is 3.67. The molecule has 9 heteroatoms. The Labute approximate surface area is 135 Å². The summed E-state index contributed by atoms with van der Waals surface area (Å²) in [6.07, 6.45) is 1.42. The number of thioether (sulfide) groups is 1. The number of amides is 2. The molecule has 2 aromatic rings. The molecular weight excluding hydrogens is 321 g/mol. The van der Waals surface area contributed by atoms with Crippen LogP contribution in [-0.2, 0) is 9.59 Å². The maximum Gasteiger partial charge on any atom is 0.228 e. The van der Waals surface area contributed by atoms with Crippen molar-refractivity contribution in [3.63, 3.8) is 0 Å². The Morgan fingerprint density at radius 2 is 2.35 bits per heavy atom. The first-order valence-electron chi connectivity index (χ1n) is 6.98. The Kier molecular flexibility index (Phi) is 4.56. The molecule has 1 atom stereocenters. The molecule has 0 fully saturated rings. The lowest BCUT2D eigenvalue weighted by atomic mass is 9.89. The van der Waals surface area contributed by atoms with E-state index in [1.54, 1.807) is 0 Å². The summed E-state index contributed by atoms with van der Waals surface area (Å²) in [5.74, 6) is -1.04. The zero-order valence-corrected chi connectivity index (χ0v) is 12.8. The molecule has 1 aromatic carbocycles. The minimum atomic E-state index is -0.676. The molecule has 3 N–H and O–H groups in total. The lowest BCUT2D eigenvalue weighted by Crippen LogP contribution is -2.36. The number of halogens is 1. The van der Waals surface area contributed by atoms with Crippen LogP contribution in [0.5, 0.6) is 0 Å². The summed E-state index contributed by atoms with van der Waals surface area (Å²) in [6, 6.07) is 4.03. The molecule has 23 heavy (non-hydrogen) atoms. The van der Waals surface area contributed by atoms with Crippen LogP contribution in [0.25, 0.3) is 0 Å². The van der Waals surface area contributed by atoms with Crippen molar-refractivity contribution in [2.45, 2.75) is 17.5 Å². The normalized spacial score (nSPS) is 16.6. The van der Waals surface area contributed by atoms with Crippen molar-refractivity contribution >= 4 is 29.3 Å². The van der Waals surface area contributed by atoms with Gasteiger partial charge in [0.25, 0.3) is 0 Å². The zero-order valence-electron chi connectivity index (χ0n) is 12.0. The van der Waals surface area contributed by atoms with Gasteiger partial charge in [-0.2, -0.15) is 5.10 Å². The molecule has 0 spiro atoms. The monoisotopic (exact) mass is 335 g/mol. The summed E-state index contributed by atoms with van der Waals surface area (Å²) in [5.41, 5.74) is 0.990. The van der Waals surface area contributed by atoms with E-state index in [-0.39, 0.29) is 18.2 Å². The second-order valence-electron chi connectivity index (χ2n) is 4.97. The minimum Gasteiger partial charge on any atom is -0.355 e. The average molecular weight is 335 g/mol. The van der Waals surface area contributed by atoms with Gasteiger partial charge < -0.3 is 10.6 Å². The van der Waals surface area contributed by atoms with Crippen molar-refractivity contribution in [3.05, 3.63) is 35.9 Å². The highest BCUT2D eigenvalue weighted by molar-refractivity contribution is 7.99. The van der Waals surface area contributed by atoms with Crippen molar-refractivity contribution in [3.8, 4) is 0 Å². The maximum absolute atomic E-state index is 13.4. The maximum atomic E-state index is 13.4. The second kappa shape index (κ2) is 6.78. The summed E-state index contributed by atoms with van der Waals surface area (Å²) < 4.78 is 13.4. The standard InChI is InChI=1S/C14H14FN5O2S/c15-8-1-2-11-9(5-8)10(6-12(21)19-11)13(22)16-3-4-23-14-17-7-18-20-14/h1-2,5,7,10H,3-4,6H2,(H,16,22)(H,19,21)(H,17,18,20)/t10-/m0/s1. The van der Waals surface area contributed by atoms with Gasteiger partial charge in [0.05, 0.1) is 5.92 Å². The Morgan fingerprint density at radius 3 is 3.13 bits per heavy atom. The van der Waals surface area contributed by atoms with Crippen LogP contribution in [-0.4, -0.2) is 39.3 Å². The molecule has 0 bridgehead atoms. The summed E-state index contributed by atoms with van der Waals surface area (Å²) in [7, 11) is 0. The average Bonchev–Trinajstić information content (AvgIpc) is 3.04. The second-order valence-corrected chi connectivity index (χ2v) is 6.05. The number of aromatic nitrogens is 3. The van der Waals surface area contributed by atoms with Gasteiger partial charge in [-0.05, 0) is 23.8 Å². The van der Waals surface area contributed by atoms with Gasteiger partial charge in [0.1, 0.15) is 12.1 Å². The van der Waals surface area contributed by atoms with Crippen LogP contribution in [0.4, 0.5) is 10.1 Å². The number of aromatic amines is 1. The molecule has 0 saturated carbocycles. The number of anilines is 1. The third-order valence-electron chi connectivity index (χ3n) is 3.40. The lowest BCUT2D eigenvalue weighted by Gasteiger charge is -2.24. The molecule has 3 rings (SSSR count). The van der Waals surface area contributed by atoms with Crippen LogP contribution >= 0.6 is 11.8 Å². The fourth-order valence-corrected chi connectivity index (χ4v) is 3.01. The van der Waals surface area contributed by atoms with Crippen molar-refractivity contribution < 1.29 is 14.0 Å². The number of benzene rings is 1. The Balaban J connectivity index is 1.61. The Bertz CT molecular complexity index is 722. The van der Waals surface area contributed by atoms with Gasteiger partial charge in [0.2, 0.25) is 11.8 Å². The SMILES string of the molecule is O=C1C[C@H](C(=O)NCCSc2ncn[nH]2)c2cc(F)ccc2N1. The van der Waals surface area contributed by atoms with E-state index in [9.17, 15) is 14.0 Å². The van der Waals surface area contributed by atoms with Crippen molar-refractivity contribution in [1.82, 2.24) is 20.5 Å². The number of hydrogen-bond acceptors (Lipinski definition) is 5. The smallest absolute Gasteiger partial charge is 0.228 e. The molecule has 0 radical (unpaired) electrons. The minimum absolute atomic E-state index is 0.0114. The van der Waals surface area contributed by atoms with E-state index < -0.39 is 11.7 Å². The zero-order chi connectivity index (χ0) is 16.2. The van der Waals surface area contributed by atoms with Crippen LogP contribution in [0.15, 0.2) is 29.7 Å². The van der Waals surface area contributed by atoms with Crippen LogP contribution in [0.2, 0.25) is 0 Å². The fourth-order valence-electron chi connectivity index (χ4n) is 2.38. The highest BCUT2D eigenvalue weighted by Crippen LogP contribution is 2.32. The molecular formula is C14H14FN5O2S.